The number of hydrogen-bond acceptors (Lipinski definition) is 1. The Kier molecular flexibility index (Phi) is 7.82. The molecule has 0 saturated carbocycles. The van der Waals surface area contributed by atoms with Crippen molar-refractivity contribution in [3.05, 3.63) is 245 Å². The van der Waals surface area contributed by atoms with Crippen LogP contribution in [0.25, 0.3) is 55.6 Å². The van der Waals surface area contributed by atoms with Gasteiger partial charge in [-0.25, -0.2) is 0 Å². The van der Waals surface area contributed by atoms with Crippen molar-refractivity contribution in [3.63, 3.8) is 0 Å². The van der Waals surface area contributed by atoms with Gasteiger partial charge >= 0.3 is 0 Å². The van der Waals surface area contributed by atoms with Crippen molar-refractivity contribution < 1.29 is 0 Å². The van der Waals surface area contributed by atoms with Crippen LogP contribution in [0.2, 0.25) is 0 Å². The van der Waals surface area contributed by atoms with Crippen LogP contribution in [-0.2, 0) is 22.7 Å². The van der Waals surface area contributed by atoms with Crippen molar-refractivity contribution in [1.82, 2.24) is 0 Å². The maximum Gasteiger partial charge on any atom is 0.0540 e. The van der Waals surface area contributed by atoms with Gasteiger partial charge in [-0.05, 0) is 132 Å². The molecule has 0 bridgehead atoms. The Bertz CT molecular complexity index is 3420. The summed E-state index contributed by atoms with van der Waals surface area (Å²) in [6, 6.07) is 76.1. The highest BCUT2D eigenvalue weighted by Crippen LogP contribution is 2.60. The molecule has 0 amide bonds. The Balaban J connectivity index is 1.07. The van der Waals surface area contributed by atoms with Gasteiger partial charge in [0.1, 0.15) is 0 Å². The molecule has 4 aliphatic rings. The lowest BCUT2D eigenvalue weighted by atomic mass is 9.73. The minimum Gasteiger partial charge on any atom is -0.309 e. The van der Waals surface area contributed by atoms with Crippen LogP contribution < -0.4 is 4.90 Å². The highest BCUT2D eigenvalue weighted by atomic mass is 15.1. The van der Waals surface area contributed by atoms with Crippen LogP contribution in [-0.4, -0.2) is 0 Å². The van der Waals surface area contributed by atoms with Crippen molar-refractivity contribution in [2.75, 3.05) is 4.90 Å². The molecule has 306 valence electrons. The maximum absolute atomic E-state index is 2.59. The van der Waals surface area contributed by atoms with E-state index in [9.17, 15) is 0 Å². The zero-order chi connectivity index (χ0) is 43.0. The fraction of sp³-hybridized carbons (Fsp3) is 0.143. The van der Waals surface area contributed by atoms with E-state index < -0.39 is 0 Å². The number of nitrogens with zero attached hydrogens (tertiary/aromatic N) is 1. The molecule has 13 rings (SSSR count). The monoisotopic (exact) mass is 819 g/mol. The van der Waals surface area contributed by atoms with E-state index in [0.29, 0.717) is 0 Å². The van der Waals surface area contributed by atoms with Crippen LogP contribution in [0.4, 0.5) is 17.1 Å². The van der Waals surface area contributed by atoms with Gasteiger partial charge in [-0.2, -0.15) is 0 Å². The van der Waals surface area contributed by atoms with Gasteiger partial charge in [0.25, 0.3) is 0 Å². The van der Waals surface area contributed by atoms with Crippen molar-refractivity contribution in [1.29, 1.82) is 0 Å². The third-order valence-electron chi connectivity index (χ3n) is 15.7. The highest BCUT2D eigenvalue weighted by molar-refractivity contribution is 5.98. The van der Waals surface area contributed by atoms with Crippen LogP contribution in [0, 0.1) is 0 Å². The second-order valence-corrected chi connectivity index (χ2v) is 19.5. The number of aryl methyl sites for hydroxylation is 1. The quantitative estimate of drug-likeness (QED) is 0.167. The lowest BCUT2D eigenvalue weighted by Gasteiger charge is -2.33. The topological polar surface area (TPSA) is 3.24 Å². The molecular weight excluding hydrogens is 771 g/mol. The summed E-state index contributed by atoms with van der Waals surface area (Å²) in [4.78, 5) is 2.59. The maximum atomic E-state index is 2.59. The van der Waals surface area contributed by atoms with E-state index in [2.05, 4.69) is 233 Å². The van der Waals surface area contributed by atoms with E-state index in [4.69, 9.17) is 0 Å². The Morgan fingerprint density at radius 1 is 0.344 bits per heavy atom. The molecule has 0 radical (unpaired) electrons. The number of benzene rings is 9. The number of para-hydroxylation sites is 2. The van der Waals surface area contributed by atoms with Crippen LogP contribution in [0.15, 0.2) is 200 Å². The molecule has 0 aromatic heterocycles. The third kappa shape index (κ3) is 4.96. The SMILES string of the molecule is CC1(C)c2ccccc2-c2ccc(-c3ccccc3N(c3ccc4c(c3)C3(CCc5ccccc53)c3ccccc3-4)c3ccccc3-c3cccc4c3C(C)(C)c3ccccc3-4)cc21. The molecule has 4 aliphatic carbocycles. The van der Waals surface area contributed by atoms with E-state index in [-0.39, 0.29) is 16.2 Å². The normalized spacial score (nSPS) is 17.2. The van der Waals surface area contributed by atoms with Crippen molar-refractivity contribution >= 4 is 17.1 Å². The molecule has 9 aromatic carbocycles. The Labute approximate surface area is 377 Å². The Hall–Kier alpha value is -7.22. The van der Waals surface area contributed by atoms with Gasteiger partial charge in [0.05, 0.1) is 11.4 Å². The first-order valence-electron chi connectivity index (χ1n) is 23.1. The average Bonchev–Trinajstić information content (AvgIpc) is 4.01. The van der Waals surface area contributed by atoms with Crippen molar-refractivity contribution in [3.8, 4) is 55.6 Å². The first kappa shape index (κ1) is 37.3. The molecule has 0 N–H and O–H groups in total. The Morgan fingerprint density at radius 2 is 0.828 bits per heavy atom. The van der Waals surface area contributed by atoms with E-state index in [1.807, 2.05) is 0 Å². The van der Waals surface area contributed by atoms with E-state index in [0.717, 1.165) is 18.5 Å². The van der Waals surface area contributed by atoms with Gasteiger partial charge in [0.2, 0.25) is 0 Å². The summed E-state index contributed by atoms with van der Waals surface area (Å²) in [5, 5.41) is 0. The second-order valence-electron chi connectivity index (χ2n) is 19.5. The van der Waals surface area contributed by atoms with Crippen LogP contribution in [0.3, 0.4) is 0 Å². The minimum atomic E-state index is -0.208. The van der Waals surface area contributed by atoms with E-state index in [1.54, 1.807) is 0 Å². The summed E-state index contributed by atoms with van der Waals surface area (Å²) in [6.07, 6.45) is 2.13. The van der Waals surface area contributed by atoms with Gasteiger partial charge in [-0.3, -0.25) is 0 Å². The summed E-state index contributed by atoms with van der Waals surface area (Å²) in [5.41, 5.74) is 27.3. The summed E-state index contributed by atoms with van der Waals surface area (Å²) < 4.78 is 0. The van der Waals surface area contributed by atoms with Crippen LogP contribution in [0.1, 0.15) is 78.6 Å². The average molecular weight is 820 g/mol. The van der Waals surface area contributed by atoms with Crippen molar-refractivity contribution in [2.24, 2.45) is 0 Å². The summed E-state index contributed by atoms with van der Waals surface area (Å²) in [7, 11) is 0. The van der Waals surface area contributed by atoms with Gasteiger partial charge in [-0.15, -0.1) is 0 Å². The molecule has 9 aromatic rings. The molecule has 0 saturated heterocycles. The molecule has 1 nitrogen and oxygen atoms in total. The zero-order valence-electron chi connectivity index (χ0n) is 36.9. The summed E-state index contributed by atoms with van der Waals surface area (Å²) >= 11 is 0. The molecular formula is C63H49N. The number of hydrogen-bond donors (Lipinski definition) is 0. The number of anilines is 3. The largest absolute Gasteiger partial charge is 0.309 e. The fourth-order valence-corrected chi connectivity index (χ4v) is 12.8. The Morgan fingerprint density at radius 3 is 1.56 bits per heavy atom. The molecule has 0 heterocycles. The van der Waals surface area contributed by atoms with Crippen LogP contribution >= 0.6 is 0 Å². The predicted molar refractivity (Wildman–Crippen MR) is 267 cm³/mol. The lowest BCUT2D eigenvalue weighted by Crippen LogP contribution is -2.24. The molecule has 64 heavy (non-hydrogen) atoms. The first-order valence-corrected chi connectivity index (χ1v) is 23.1. The zero-order valence-corrected chi connectivity index (χ0v) is 36.9. The predicted octanol–water partition coefficient (Wildman–Crippen LogP) is 16.4. The molecule has 1 heteroatoms. The van der Waals surface area contributed by atoms with E-state index in [1.165, 1.54) is 112 Å². The standard InChI is InChI=1S/C63H49N/c1-61(2)53-27-12-6-20-44(53)47-34-32-41(38-56(47)61)43-19-9-15-30-58(43)64(59-31-16-10-23-49(59)51-25-17-24-50-46-22-7-13-28-54(46)62(3,4)60(50)51)42-33-35-48-45-21-8-14-29-55(45)63(57(48)39-42)37-36-40-18-5-11-26-52(40)63/h5-35,38-39H,36-37H2,1-4H3. The lowest BCUT2D eigenvalue weighted by molar-refractivity contribution is 0.626. The van der Waals surface area contributed by atoms with Gasteiger partial charge < -0.3 is 4.90 Å². The second kappa shape index (κ2) is 13.4. The molecule has 1 spiro atoms. The van der Waals surface area contributed by atoms with Crippen molar-refractivity contribution in [2.45, 2.75) is 56.8 Å². The third-order valence-corrected chi connectivity index (χ3v) is 15.7. The molecule has 0 aliphatic heterocycles. The number of rotatable bonds is 5. The minimum absolute atomic E-state index is 0.109. The molecule has 1 unspecified atom stereocenters. The van der Waals surface area contributed by atoms with E-state index >= 15 is 0 Å². The highest BCUT2D eigenvalue weighted by Gasteiger charge is 2.48. The van der Waals surface area contributed by atoms with Crippen LogP contribution in [0.5, 0.6) is 0 Å². The first-order chi connectivity index (χ1) is 31.3. The molecule has 1 atom stereocenters. The fourth-order valence-electron chi connectivity index (χ4n) is 12.8. The van der Waals surface area contributed by atoms with Gasteiger partial charge in [0.15, 0.2) is 0 Å². The van der Waals surface area contributed by atoms with Gasteiger partial charge in [0, 0.05) is 33.1 Å². The van der Waals surface area contributed by atoms with Gasteiger partial charge in [-0.1, -0.05) is 198 Å². The summed E-state index contributed by atoms with van der Waals surface area (Å²) in [6.45, 7) is 9.57. The summed E-state index contributed by atoms with van der Waals surface area (Å²) in [5.74, 6) is 0. The smallest absolute Gasteiger partial charge is 0.0540 e. The number of fused-ring (bicyclic) bond motifs is 13. The molecule has 0 fully saturated rings.